The number of rotatable bonds is 3. The van der Waals surface area contributed by atoms with Crippen molar-refractivity contribution >= 4 is 11.9 Å². The second-order valence-electron chi connectivity index (χ2n) is 9.11. The van der Waals surface area contributed by atoms with Gasteiger partial charge in [-0.2, -0.15) is 0 Å². The predicted molar refractivity (Wildman–Crippen MR) is 102 cm³/mol. The molecule has 1 aromatic rings. The van der Waals surface area contributed by atoms with Crippen LogP contribution in [0.25, 0.3) is 0 Å². The molecule has 2 aliphatic heterocycles. The number of ketones is 1. The minimum absolute atomic E-state index is 0.0316. The minimum Gasteiger partial charge on any atom is -0.444 e. The fraction of sp³-hybridized carbons (Fsp3) is 0.636. The average molecular weight is 393 g/mol. The van der Waals surface area contributed by atoms with Gasteiger partial charge in [0, 0.05) is 24.4 Å². The lowest BCUT2D eigenvalue weighted by atomic mass is 9.76. The van der Waals surface area contributed by atoms with Gasteiger partial charge >= 0.3 is 6.09 Å². The Morgan fingerprint density at radius 1 is 1.11 bits per heavy atom. The van der Waals surface area contributed by atoms with Crippen molar-refractivity contribution in [1.82, 2.24) is 4.90 Å². The molecule has 1 aromatic carbocycles. The Bertz CT molecular complexity index is 758. The van der Waals surface area contributed by atoms with Crippen LogP contribution in [0.3, 0.4) is 0 Å². The summed E-state index contributed by atoms with van der Waals surface area (Å²) in [5.74, 6) is -2.14. The van der Waals surface area contributed by atoms with E-state index in [2.05, 4.69) is 0 Å². The van der Waals surface area contributed by atoms with E-state index in [1.54, 1.807) is 0 Å². The van der Waals surface area contributed by atoms with Gasteiger partial charge in [0.2, 0.25) is 0 Å². The molecule has 2 heterocycles. The van der Waals surface area contributed by atoms with E-state index in [1.165, 1.54) is 19.1 Å². The van der Waals surface area contributed by atoms with E-state index in [4.69, 9.17) is 4.74 Å². The molecule has 2 aliphatic rings. The number of Topliss-reactive ketones (excluding diaryl/α,β-unsaturated/α-hetero) is 1. The second kappa shape index (κ2) is 7.80. The first kappa shape index (κ1) is 20.7. The maximum absolute atomic E-state index is 14.1. The number of carbonyl (C=O) groups excluding carboxylic acids is 2. The molecule has 0 spiro atoms. The number of carbonyl (C=O) groups is 2. The lowest BCUT2D eigenvalue weighted by molar-refractivity contribution is -0.126. The molecule has 154 valence electrons. The Labute approximate surface area is 165 Å². The van der Waals surface area contributed by atoms with E-state index < -0.39 is 17.2 Å². The van der Waals surface area contributed by atoms with E-state index in [0.717, 1.165) is 19.3 Å². The molecule has 0 radical (unpaired) electrons. The number of amides is 1. The third-order valence-corrected chi connectivity index (χ3v) is 5.75. The molecular formula is C22H29F2NO3. The quantitative estimate of drug-likeness (QED) is 0.730. The zero-order valence-corrected chi connectivity index (χ0v) is 17.1. The van der Waals surface area contributed by atoms with Gasteiger partial charge in [-0.1, -0.05) is 12.1 Å². The van der Waals surface area contributed by atoms with Crippen LogP contribution in [0.5, 0.6) is 0 Å². The van der Waals surface area contributed by atoms with Crippen molar-refractivity contribution in [1.29, 1.82) is 0 Å². The molecule has 0 saturated carbocycles. The molecule has 2 atom stereocenters. The average Bonchev–Trinajstić information content (AvgIpc) is 2.59. The highest BCUT2D eigenvalue weighted by Crippen LogP contribution is 2.38. The molecule has 0 aliphatic carbocycles. The Balaban J connectivity index is 1.70. The van der Waals surface area contributed by atoms with Crippen LogP contribution >= 0.6 is 0 Å². The van der Waals surface area contributed by atoms with Crippen molar-refractivity contribution in [3.63, 3.8) is 0 Å². The molecule has 1 amide bonds. The molecule has 2 unspecified atom stereocenters. The third kappa shape index (κ3) is 4.36. The Morgan fingerprint density at radius 2 is 1.71 bits per heavy atom. The van der Waals surface area contributed by atoms with E-state index in [1.807, 2.05) is 25.7 Å². The van der Waals surface area contributed by atoms with E-state index >= 15 is 0 Å². The number of aryl methyl sites for hydroxylation is 1. The predicted octanol–water partition coefficient (Wildman–Crippen LogP) is 4.95. The Hall–Kier alpha value is -1.98. The van der Waals surface area contributed by atoms with Gasteiger partial charge in [0.1, 0.15) is 11.4 Å². The smallest absolute Gasteiger partial charge is 0.410 e. The zero-order chi connectivity index (χ0) is 20.6. The van der Waals surface area contributed by atoms with Crippen molar-refractivity contribution in [2.45, 2.75) is 83.9 Å². The fourth-order valence-corrected chi connectivity index (χ4v) is 4.41. The van der Waals surface area contributed by atoms with Gasteiger partial charge in [-0.25, -0.2) is 13.6 Å². The maximum Gasteiger partial charge on any atom is 0.410 e. The molecule has 0 aromatic heterocycles. The minimum atomic E-state index is -0.931. The molecule has 2 fully saturated rings. The summed E-state index contributed by atoms with van der Waals surface area (Å²) in [5.41, 5.74) is -0.229. The van der Waals surface area contributed by atoms with E-state index in [0.29, 0.717) is 12.8 Å². The highest BCUT2D eigenvalue weighted by molar-refractivity contribution is 5.84. The molecule has 6 heteroatoms. The SMILES string of the molecule is Cc1ccc(CC(=O)C2CC3CCCC(C2)N3C(=O)OC(C)(C)C)c(F)c1F. The summed E-state index contributed by atoms with van der Waals surface area (Å²) in [6, 6.07) is 2.93. The molecular weight excluding hydrogens is 364 g/mol. The highest BCUT2D eigenvalue weighted by Gasteiger charge is 2.44. The van der Waals surface area contributed by atoms with Crippen molar-refractivity contribution in [3.8, 4) is 0 Å². The maximum atomic E-state index is 14.1. The van der Waals surface area contributed by atoms with Gasteiger partial charge in [-0.3, -0.25) is 4.79 Å². The number of benzene rings is 1. The monoisotopic (exact) mass is 393 g/mol. The number of ether oxygens (including phenoxy) is 1. The van der Waals surface area contributed by atoms with Crippen LogP contribution in [0.2, 0.25) is 0 Å². The second-order valence-corrected chi connectivity index (χ2v) is 9.11. The van der Waals surface area contributed by atoms with Gasteiger partial charge in [-0.15, -0.1) is 0 Å². The highest BCUT2D eigenvalue weighted by atomic mass is 19.2. The Kier molecular flexibility index (Phi) is 5.78. The summed E-state index contributed by atoms with van der Waals surface area (Å²) < 4.78 is 33.5. The number of halogens is 2. The van der Waals surface area contributed by atoms with Crippen molar-refractivity contribution < 1.29 is 23.1 Å². The number of piperidine rings is 2. The number of hydrogen-bond acceptors (Lipinski definition) is 3. The first-order valence-electron chi connectivity index (χ1n) is 10.0. The van der Waals surface area contributed by atoms with Crippen LogP contribution in [0.1, 0.15) is 64.0 Å². The van der Waals surface area contributed by atoms with Crippen molar-refractivity contribution in [2.75, 3.05) is 0 Å². The van der Waals surface area contributed by atoms with Gasteiger partial charge in [0.25, 0.3) is 0 Å². The van der Waals surface area contributed by atoms with Crippen LogP contribution in [-0.4, -0.2) is 34.5 Å². The van der Waals surface area contributed by atoms with Crippen LogP contribution in [0.15, 0.2) is 12.1 Å². The van der Waals surface area contributed by atoms with Crippen molar-refractivity contribution in [3.05, 3.63) is 34.9 Å². The topological polar surface area (TPSA) is 46.6 Å². The van der Waals surface area contributed by atoms with Gasteiger partial charge in [0.15, 0.2) is 11.6 Å². The summed E-state index contributed by atoms with van der Waals surface area (Å²) in [4.78, 5) is 27.3. The molecule has 4 nitrogen and oxygen atoms in total. The lowest BCUT2D eigenvalue weighted by Crippen LogP contribution is -2.56. The lowest BCUT2D eigenvalue weighted by Gasteiger charge is -2.48. The van der Waals surface area contributed by atoms with Gasteiger partial charge in [0.05, 0.1) is 0 Å². The first-order valence-corrected chi connectivity index (χ1v) is 10.0. The molecule has 0 N–H and O–H groups in total. The number of fused-ring (bicyclic) bond motifs is 2. The normalized spacial score (nSPS) is 24.8. The van der Waals surface area contributed by atoms with Gasteiger partial charge in [-0.05, 0) is 70.9 Å². The third-order valence-electron chi connectivity index (χ3n) is 5.75. The zero-order valence-electron chi connectivity index (χ0n) is 17.1. The summed E-state index contributed by atoms with van der Waals surface area (Å²) in [5, 5.41) is 0. The number of nitrogens with zero attached hydrogens (tertiary/aromatic N) is 1. The van der Waals surface area contributed by atoms with Crippen LogP contribution in [0.4, 0.5) is 13.6 Å². The first-order chi connectivity index (χ1) is 13.1. The molecule has 28 heavy (non-hydrogen) atoms. The summed E-state index contributed by atoms with van der Waals surface area (Å²) in [7, 11) is 0. The summed E-state index contributed by atoms with van der Waals surface area (Å²) in [6.07, 6.45) is 3.39. The number of hydrogen-bond donors (Lipinski definition) is 0. The molecule has 2 bridgehead atoms. The van der Waals surface area contributed by atoms with Crippen molar-refractivity contribution in [2.24, 2.45) is 5.92 Å². The largest absolute Gasteiger partial charge is 0.444 e. The fourth-order valence-electron chi connectivity index (χ4n) is 4.41. The van der Waals surface area contributed by atoms with Crippen LogP contribution in [-0.2, 0) is 16.0 Å². The van der Waals surface area contributed by atoms with Crippen LogP contribution < -0.4 is 0 Å². The molecule has 3 rings (SSSR count). The van der Waals surface area contributed by atoms with Crippen LogP contribution in [0, 0.1) is 24.5 Å². The molecule has 2 saturated heterocycles. The summed E-state index contributed by atoms with van der Waals surface area (Å²) in [6.45, 7) is 7.02. The van der Waals surface area contributed by atoms with E-state index in [9.17, 15) is 18.4 Å². The van der Waals surface area contributed by atoms with Gasteiger partial charge < -0.3 is 9.64 Å². The summed E-state index contributed by atoms with van der Waals surface area (Å²) >= 11 is 0. The Morgan fingerprint density at radius 3 is 2.29 bits per heavy atom. The standard InChI is InChI=1S/C22H29F2NO3/c1-13-8-9-14(20(24)19(13)23)12-18(26)15-10-16-6-5-7-17(11-15)25(16)21(27)28-22(2,3)4/h8-9,15-17H,5-7,10-12H2,1-4H3. The van der Waals surface area contributed by atoms with E-state index in [-0.39, 0.29) is 47.4 Å².